The van der Waals surface area contributed by atoms with Crippen LogP contribution in [0.2, 0.25) is 0 Å². The Labute approximate surface area is 164 Å². The Balaban J connectivity index is 1.78. The molecule has 1 aromatic heterocycles. The molecule has 2 aliphatic rings. The lowest BCUT2D eigenvalue weighted by atomic mass is 9.59. The summed E-state index contributed by atoms with van der Waals surface area (Å²) in [7, 11) is 0. The second-order valence-corrected chi connectivity index (χ2v) is 7.75. The number of fused-ring (bicyclic) bond motifs is 7. The molecule has 0 spiro atoms. The number of hydrogen-bond acceptors (Lipinski definition) is 3. The molecule has 2 aliphatic carbocycles. The Morgan fingerprint density at radius 2 is 2.00 bits per heavy atom. The maximum Gasteiger partial charge on any atom is 0.314 e. The number of benzene rings is 2. The smallest absolute Gasteiger partial charge is 0.314 e. The van der Waals surface area contributed by atoms with Crippen LogP contribution in [0, 0.1) is 17.2 Å². The fourth-order valence-corrected chi connectivity index (χ4v) is 5.41. The van der Waals surface area contributed by atoms with Crippen LogP contribution in [0.4, 0.5) is 0 Å². The number of H-pyrrole nitrogens is 1. The fraction of sp³-hybridized carbons (Fsp3) is 0.333. The van der Waals surface area contributed by atoms with Gasteiger partial charge in [-0.3, -0.25) is 4.79 Å². The predicted octanol–water partition coefficient (Wildman–Crippen LogP) is 4.78. The third-order valence-electron chi connectivity index (χ3n) is 6.47. The highest BCUT2D eigenvalue weighted by Crippen LogP contribution is 2.57. The van der Waals surface area contributed by atoms with Crippen LogP contribution in [0.25, 0.3) is 10.9 Å². The minimum Gasteiger partial charge on any atom is -0.465 e. The van der Waals surface area contributed by atoms with Crippen molar-refractivity contribution in [3.63, 3.8) is 0 Å². The van der Waals surface area contributed by atoms with E-state index in [0.717, 1.165) is 35.0 Å². The summed E-state index contributed by atoms with van der Waals surface area (Å²) in [5.74, 6) is -1.07. The first-order chi connectivity index (χ1) is 13.7. The minimum absolute atomic E-state index is 0.00455. The summed E-state index contributed by atoms with van der Waals surface area (Å²) in [6.07, 6.45) is 1.98. The number of aryl methyl sites for hydroxylation is 1. The Morgan fingerprint density at radius 3 is 2.82 bits per heavy atom. The number of carbonyl (C=O) groups excluding carboxylic acids is 1. The molecule has 0 saturated heterocycles. The molecule has 4 unspecified atom stereocenters. The number of rotatable bonds is 2. The van der Waals surface area contributed by atoms with E-state index in [4.69, 9.17) is 4.74 Å². The SMILES string of the molecule is CCOC(=O)C1c2c([nH]c3ccccc23)C2CCc3ccccc3C2C1C#N. The van der Waals surface area contributed by atoms with Crippen molar-refractivity contribution in [3.8, 4) is 6.07 Å². The van der Waals surface area contributed by atoms with Gasteiger partial charge in [-0.15, -0.1) is 0 Å². The van der Waals surface area contributed by atoms with Gasteiger partial charge in [0.1, 0.15) is 5.92 Å². The maximum atomic E-state index is 13.1. The van der Waals surface area contributed by atoms with Gasteiger partial charge in [0.05, 0.1) is 18.6 Å². The second-order valence-electron chi connectivity index (χ2n) is 7.75. The summed E-state index contributed by atoms with van der Waals surface area (Å²) in [5.41, 5.74) is 5.62. The van der Waals surface area contributed by atoms with E-state index in [9.17, 15) is 10.1 Å². The summed E-state index contributed by atoms with van der Waals surface area (Å²) < 4.78 is 5.45. The number of nitriles is 1. The Bertz CT molecular complexity index is 1110. The quantitative estimate of drug-likeness (QED) is 0.660. The number of para-hydroxylation sites is 1. The number of hydrogen-bond donors (Lipinski definition) is 1. The molecule has 0 bridgehead atoms. The zero-order valence-electron chi connectivity index (χ0n) is 15.8. The van der Waals surface area contributed by atoms with Crippen LogP contribution >= 0.6 is 0 Å². The molecule has 0 radical (unpaired) electrons. The topological polar surface area (TPSA) is 65.9 Å². The van der Waals surface area contributed by atoms with E-state index in [1.165, 1.54) is 11.1 Å². The molecular formula is C24H22N2O2. The van der Waals surface area contributed by atoms with Crippen molar-refractivity contribution >= 4 is 16.9 Å². The van der Waals surface area contributed by atoms with Gasteiger partial charge in [-0.25, -0.2) is 0 Å². The van der Waals surface area contributed by atoms with Crippen molar-refractivity contribution in [2.45, 2.75) is 37.5 Å². The lowest BCUT2D eigenvalue weighted by Crippen LogP contribution is -2.37. The third-order valence-corrected chi connectivity index (χ3v) is 6.47. The van der Waals surface area contributed by atoms with Crippen LogP contribution in [0.1, 0.15) is 53.5 Å². The van der Waals surface area contributed by atoms with Crippen molar-refractivity contribution in [1.82, 2.24) is 4.98 Å². The highest BCUT2D eigenvalue weighted by atomic mass is 16.5. The zero-order chi connectivity index (χ0) is 19.3. The molecular weight excluding hydrogens is 348 g/mol. The summed E-state index contributed by atoms with van der Waals surface area (Å²) in [6.45, 7) is 2.13. The molecule has 0 fully saturated rings. The number of esters is 1. The molecule has 0 saturated carbocycles. The van der Waals surface area contributed by atoms with Crippen molar-refractivity contribution in [3.05, 3.63) is 70.9 Å². The molecule has 4 heteroatoms. The summed E-state index contributed by atoms with van der Waals surface area (Å²) in [5, 5.41) is 11.2. The number of aromatic amines is 1. The van der Waals surface area contributed by atoms with Crippen molar-refractivity contribution < 1.29 is 9.53 Å². The molecule has 4 atom stereocenters. The summed E-state index contributed by atoms with van der Waals surface area (Å²) in [6, 6.07) is 19.0. The summed E-state index contributed by atoms with van der Waals surface area (Å²) >= 11 is 0. The first-order valence-corrected chi connectivity index (χ1v) is 9.99. The molecule has 4 nitrogen and oxygen atoms in total. The van der Waals surface area contributed by atoms with E-state index in [2.05, 4.69) is 29.3 Å². The van der Waals surface area contributed by atoms with Crippen molar-refractivity contribution in [2.24, 2.45) is 5.92 Å². The molecule has 0 aliphatic heterocycles. The number of nitrogens with zero attached hydrogens (tertiary/aromatic N) is 1. The van der Waals surface area contributed by atoms with Gasteiger partial charge in [0.25, 0.3) is 0 Å². The number of aromatic nitrogens is 1. The van der Waals surface area contributed by atoms with Gasteiger partial charge in [0, 0.05) is 28.4 Å². The van der Waals surface area contributed by atoms with Crippen molar-refractivity contribution in [1.29, 1.82) is 5.26 Å². The Morgan fingerprint density at radius 1 is 1.21 bits per heavy atom. The molecule has 1 N–H and O–H groups in total. The van der Waals surface area contributed by atoms with E-state index < -0.39 is 11.8 Å². The zero-order valence-corrected chi connectivity index (χ0v) is 15.8. The average molecular weight is 370 g/mol. The second kappa shape index (κ2) is 6.53. The van der Waals surface area contributed by atoms with Crippen LogP contribution in [-0.4, -0.2) is 17.6 Å². The molecule has 5 rings (SSSR count). The standard InChI is InChI=1S/C24H22N2O2/c1-2-28-24(27)22-18(13-25)20-15-8-4-3-7-14(15)11-12-17(20)23-21(22)16-9-5-6-10-19(16)26-23/h3-10,17-18,20,22,26H,2,11-12H2,1H3. The monoisotopic (exact) mass is 370 g/mol. The van der Waals surface area contributed by atoms with Gasteiger partial charge in [-0.1, -0.05) is 42.5 Å². The molecule has 28 heavy (non-hydrogen) atoms. The van der Waals surface area contributed by atoms with E-state index in [-0.39, 0.29) is 17.8 Å². The Hall–Kier alpha value is -3.06. The first kappa shape index (κ1) is 17.1. The van der Waals surface area contributed by atoms with Gasteiger partial charge in [0.2, 0.25) is 0 Å². The molecule has 2 aromatic carbocycles. The first-order valence-electron chi connectivity index (χ1n) is 9.99. The molecule has 1 heterocycles. The van der Waals surface area contributed by atoms with E-state index in [1.807, 2.05) is 37.3 Å². The summed E-state index contributed by atoms with van der Waals surface area (Å²) in [4.78, 5) is 16.7. The van der Waals surface area contributed by atoms with Gasteiger partial charge in [-0.2, -0.15) is 5.26 Å². The van der Waals surface area contributed by atoms with Crippen LogP contribution in [0.15, 0.2) is 48.5 Å². The number of nitrogens with one attached hydrogen (secondary N) is 1. The highest BCUT2D eigenvalue weighted by Gasteiger charge is 2.50. The lowest BCUT2D eigenvalue weighted by Gasteiger charge is -2.42. The van der Waals surface area contributed by atoms with Crippen molar-refractivity contribution in [2.75, 3.05) is 6.61 Å². The van der Waals surface area contributed by atoms with Crippen LogP contribution in [0.3, 0.4) is 0 Å². The number of ether oxygens (including phenoxy) is 1. The molecule has 0 amide bonds. The highest BCUT2D eigenvalue weighted by molar-refractivity contribution is 5.92. The van der Waals surface area contributed by atoms with E-state index in [0.29, 0.717) is 6.61 Å². The van der Waals surface area contributed by atoms with Crippen LogP contribution in [0.5, 0.6) is 0 Å². The van der Waals surface area contributed by atoms with Gasteiger partial charge in [0.15, 0.2) is 0 Å². The third kappa shape index (κ3) is 2.32. The average Bonchev–Trinajstić information content (AvgIpc) is 3.12. The van der Waals surface area contributed by atoms with Gasteiger partial charge >= 0.3 is 5.97 Å². The largest absolute Gasteiger partial charge is 0.465 e. The van der Waals surface area contributed by atoms with E-state index in [1.54, 1.807) is 0 Å². The maximum absolute atomic E-state index is 13.1. The van der Waals surface area contributed by atoms with Crippen LogP contribution in [-0.2, 0) is 16.0 Å². The minimum atomic E-state index is -0.566. The fourth-order valence-electron chi connectivity index (χ4n) is 5.41. The van der Waals surface area contributed by atoms with Crippen LogP contribution < -0.4 is 0 Å². The van der Waals surface area contributed by atoms with Gasteiger partial charge in [-0.05, 0) is 42.5 Å². The predicted molar refractivity (Wildman–Crippen MR) is 107 cm³/mol. The number of carbonyl (C=O) groups is 1. The Kier molecular flexibility index (Phi) is 3.98. The normalized spacial score (nSPS) is 25.3. The lowest BCUT2D eigenvalue weighted by molar-refractivity contribution is -0.146. The van der Waals surface area contributed by atoms with Gasteiger partial charge < -0.3 is 9.72 Å². The molecule has 140 valence electrons. The molecule has 3 aromatic rings. The van der Waals surface area contributed by atoms with E-state index >= 15 is 0 Å².